The van der Waals surface area contributed by atoms with Gasteiger partial charge in [-0.25, -0.2) is 8.42 Å². The van der Waals surface area contributed by atoms with Crippen molar-refractivity contribution in [2.45, 2.75) is 18.4 Å². The molecule has 0 radical (unpaired) electrons. The number of hydrogen-bond acceptors (Lipinski definition) is 5. The number of carboxylic acids is 1. The summed E-state index contributed by atoms with van der Waals surface area (Å²) in [5.74, 6) is -1.28. The first kappa shape index (κ1) is 12.4. The minimum absolute atomic E-state index is 0.0602. The fourth-order valence-electron chi connectivity index (χ4n) is 1.65. The molecule has 0 aromatic carbocycles. The van der Waals surface area contributed by atoms with Crippen LogP contribution in [-0.2, 0) is 14.6 Å². The lowest BCUT2D eigenvalue weighted by Gasteiger charge is -2.33. The summed E-state index contributed by atoms with van der Waals surface area (Å²) >= 11 is 0. The van der Waals surface area contributed by atoms with Gasteiger partial charge in [0.1, 0.15) is 15.4 Å². The molecule has 1 saturated heterocycles. The van der Waals surface area contributed by atoms with Crippen LogP contribution in [0.2, 0.25) is 0 Å². The normalized spacial score (nSPS) is 23.5. The first-order valence-electron chi connectivity index (χ1n) is 4.72. The molecule has 1 rings (SSSR count). The van der Waals surface area contributed by atoms with Gasteiger partial charge in [-0.1, -0.05) is 0 Å². The first-order chi connectivity index (χ1) is 6.92. The molecule has 0 saturated carbocycles. The number of aliphatic carboxylic acids is 1. The van der Waals surface area contributed by atoms with Crippen LogP contribution in [0.25, 0.3) is 0 Å². The molecule has 15 heavy (non-hydrogen) atoms. The van der Waals surface area contributed by atoms with Gasteiger partial charge in [-0.2, -0.15) is 0 Å². The molecule has 1 fully saturated rings. The molecule has 0 bridgehead atoms. The zero-order valence-electron chi connectivity index (χ0n) is 8.27. The average molecular weight is 237 g/mol. The zero-order valence-corrected chi connectivity index (χ0v) is 9.09. The molecule has 0 spiro atoms. The van der Waals surface area contributed by atoms with E-state index < -0.39 is 21.3 Å². The van der Waals surface area contributed by atoms with E-state index in [2.05, 4.69) is 5.32 Å². The van der Waals surface area contributed by atoms with Crippen molar-refractivity contribution in [2.24, 2.45) is 0 Å². The summed E-state index contributed by atoms with van der Waals surface area (Å²) in [6, 6.07) is 0. The predicted molar refractivity (Wildman–Crippen MR) is 53.3 cm³/mol. The maximum atomic E-state index is 11.2. The molecule has 1 aliphatic rings. The van der Waals surface area contributed by atoms with Crippen molar-refractivity contribution in [3.05, 3.63) is 0 Å². The number of aliphatic hydroxyl groups excluding tert-OH is 1. The summed E-state index contributed by atoms with van der Waals surface area (Å²) in [5, 5.41) is 20.4. The highest BCUT2D eigenvalue weighted by Crippen LogP contribution is 2.23. The number of β-amino-alcohol motifs (C(OH)–C–C–N with tert-alkyl or cyclic N) is 1. The van der Waals surface area contributed by atoms with Crippen molar-refractivity contribution in [2.75, 3.05) is 24.7 Å². The monoisotopic (exact) mass is 237 g/mol. The SMILES string of the molecule is O=C(O)C1(NCCO)CCS(=O)(=O)CC1. The topological polar surface area (TPSA) is 104 Å². The van der Waals surface area contributed by atoms with Crippen molar-refractivity contribution in [3.63, 3.8) is 0 Å². The van der Waals surface area contributed by atoms with Gasteiger partial charge in [0.15, 0.2) is 0 Å². The van der Waals surface area contributed by atoms with Crippen molar-refractivity contribution >= 4 is 15.8 Å². The van der Waals surface area contributed by atoms with E-state index >= 15 is 0 Å². The average Bonchev–Trinajstić information content (AvgIpc) is 2.16. The summed E-state index contributed by atoms with van der Waals surface area (Å²) in [6.45, 7) is -0.00583. The number of hydrogen-bond donors (Lipinski definition) is 3. The molecular formula is C8H15NO5S. The third-order valence-electron chi connectivity index (χ3n) is 2.66. The van der Waals surface area contributed by atoms with Crippen LogP contribution < -0.4 is 5.32 Å². The maximum Gasteiger partial charge on any atom is 0.323 e. The van der Waals surface area contributed by atoms with E-state index in [1.54, 1.807) is 0 Å². The van der Waals surface area contributed by atoms with Gasteiger partial charge in [0.2, 0.25) is 0 Å². The van der Waals surface area contributed by atoms with Gasteiger partial charge in [0, 0.05) is 6.54 Å². The Labute approximate surface area is 88.2 Å². The van der Waals surface area contributed by atoms with Gasteiger partial charge < -0.3 is 10.2 Å². The number of nitrogens with one attached hydrogen (secondary N) is 1. The Morgan fingerprint density at radius 1 is 1.33 bits per heavy atom. The molecule has 7 heteroatoms. The molecule has 1 aliphatic heterocycles. The standard InChI is InChI=1S/C8H15NO5S/c10-4-3-9-8(7(11)12)1-5-15(13,14)6-2-8/h9-10H,1-6H2,(H,11,12). The van der Waals surface area contributed by atoms with Gasteiger partial charge in [0.25, 0.3) is 0 Å². The Balaban J connectivity index is 2.73. The number of sulfone groups is 1. The van der Waals surface area contributed by atoms with Crippen LogP contribution in [0, 0.1) is 0 Å². The van der Waals surface area contributed by atoms with Crippen LogP contribution >= 0.6 is 0 Å². The third kappa shape index (κ3) is 2.90. The Kier molecular flexibility index (Phi) is 3.69. The van der Waals surface area contributed by atoms with E-state index in [4.69, 9.17) is 10.2 Å². The highest BCUT2D eigenvalue weighted by atomic mass is 32.2. The van der Waals surface area contributed by atoms with Crippen LogP contribution in [-0.4, -0.2) is 54.8 Å². The van der Waals surface area contributed by atoms with E-state index in [0.717, 1.165) is 0 Å². The molecule has 0 aromatic heterocycles. The van der Waals surface area contributed by atoms with Crippen molar-refractivity contribution in [3.8, 4) is 0 Å². The summed E-state index contributed by atoms with van der Waals surface area (Å²) in [4.78, 5) is 11.1. The van der Waals surface area contributed by atoms with E-state index in [0.29, 0.717) is 0 Å². The first-order valence-corrected chi connectivity index (χ1v) is 6.54. The van der Waals surface area contributed by atoms with Crippen LogP contribution in [0.3, 0.4) is 0 Å². The van der Waals surface area contributed by atoms with E-state index in [9.17, 15) is 13.2 Å². The summed E-state index contributed by atoms with van der Waals surface area (Å²) in [5.41, 5.74) is -1.19. The second-order valence-corrected chi connectivity index (χ2v) is 5.99. The lowest BCUT2D eigenvalue weighted by molar-refractivity contribution is -0.145. The second-order valence-electron chi connectivity index (χ2n) is 3.69. The van der Waals surface area contributed by atoms with E-state index in [-0.39, 0.29) is 37.5 Å². The summed E-state index contributed by atoms with van der Waals surface area (Å²) < 4.78 is 22.3. The minimum Gasteiger partial charge on any atom is -0.480 e. The molecule has 3 N–H and O–H groups in total. The van der Waals surface area contributed by atoms with Gasteiger partial charge in [0.05, 0.1) is 18.1 Å². The number of aliphatic hydroxyl groups is 1. The van der Waals surface area contributed by atoms with Crippen molar-refractivity contribution < 1.29 is 23.4 Å². The van der Waals surface area contributed by atoms with Crippen LogP contribution in [0.5, 0.6) is 0 Å². The molecule has 6 nitrogen and oxygen atoms in total. The Hall–Kier alpha value is -0.660. The van der Waals surface area contributed by atoms with Crippen molar-refractivity contribution in [1.29, 1.82) is 0 Å². The largest absolute Gasteiger partial charge is 0.480 e. The molecule has 0 aliphatic carbocycles. The van der Waals surface area contributed by atoms with E-state index in [1.165, 1.54) is 0 Å². The van der Waals surface area contributed by atoms with Gasteiger partial charge in [-0.3, -0.25) is 10.1 Å². The number of carboxylic acid groups (broad SMARTS) is 1. The molecule has 0 unspecified atom stereocenters. The quantitative estimate of drug-likeness (QED) is 0.555. The van der Waals surface area contributed by atoms with Crippen LogP contribution in [0.15, 0.2) is 0 Å². The van der Waals surface area contributed by atoms with Crippen molar-refractivity contribution in [1.82, 2.24) is 5.32 Å². The molecule has 88 valence electrons. The second kappa shape index (κ2) is 4.46. The predicted octanol–water partition coefficient (Wildman–Crippen LogP) is -1.40. The van der Waals surface area contributed by atoms with Gasteiger partial charge in [-0.05, 0) is 12.8 Å². The van der Waals surface area contributed by atoms with E-state index in [1.807, 2.05) is 0 Å². The summed E-state index contributed by atoms with van der Waals surface area (Å²) in [7, 11) is -3.08. The molecule has 0 aromatic rings. The fraction of sp³-hybridized carbons (Fsp3) is 0.875. The highest BCUT2D eigenvalue weighted by Gasteiger charge is 2.43. The lowest BCUT2D eigenvalue weighted by atomic mass is 9.92. The highest BCUT2D eigenvalue weighted by molar-refractivity contribution is 7.91. The van der Waals surface area contributed by atoms with Crippen LogP contribution in [0.4, 0.5) is 0 Å². The Morgan fingerprint density at radius 3 is 2.27 bits per heavy atom. The minimum atomic E-state index is -3.08. The zero-order chi connectivity index (χ0) is 11.5. The smallest absolute Gasteiger partial charge is 0.323 e. The van der Waals surface area contributed by atoms with Gasteiger partial charge >= 0.3 is 5.97 Å². The number of rotatable bonds is 4. The fourth-order valence-corrected chi connectivity index (χ4v) is 3.17. The number of carbonyl (C=O) groups is 1. The Morgan fingerprint density at radius 2 is 1.87 bits per heavy atom. The third-order valence-corrected chi connectivity index (χ3v) is 4.32. The molecule has 1 heterocycles. The molecule has 0 atom stereocenters. The maximum absolute atomic E-state index is 11.2. The van der Waals surface area contributed by atoms with Crippen LogP contribution in [0.1, 0.15) is 12.8 Å². The summed E-state index contributed by atoms with van der Waals surface area (Å²) in [6.07, 6.45) is 0.120. The van der Waals surface area contributed by atoms with Gasteiger partial charge in [-0.15, -0.1) is 0 Å². The molecular weight excluding hydrogens is 222 g/mol. The lowest BCUT2D eigenvalue weighted by Crippen LogP contribution is -2.57. The molecule has 0 amide bonds. The Bertz CT molecular complexity index is 323.